The molecule has 0 saturated carbocycles. The van der Waals surface area contributed by atoms with Crippen molar-refractivity contribution in [3.05, 3.63) is 4.91 Å². The zero-order valence-electron chi connectivity index (χ0n) is 7.89. The number of hydrogen-bond donors (Lipinski definition) is 0. The molecule has 15 heavy (non-hydrogen) atoms. The van der Waals surface area contributed by atoms with E-state index in [9.17, 15) is 18.5 Å². The molecule has 0 fully saturated rings. The summed E-state index contributed by atoms with van der Waals surface area (Å²) in [4.78, 5) is 21.2. The number of carbonyl (C=O) groups excluding carboxylic acids is 1. The van der Waals surface area contributed by atoms with Gasteiger partial charge in [0.1, 0.15) is 11.8 Å². The standard InChI is InChI=1S/C7H9F2N3O3/c1-2-15-7(13)4-3-5(6(8)9)12(10-4)11-14/h5-6H,2-3H2,1H3. The maximum atomic E-state index is 12.3. The molecule has 1 rings (SSSR count). The molecule has 0 saturated heterocycles. The normalized spacial score (nSPS) is 20.4. The first-order valence-electron chi connectivity index (χ1n) is 4.25. The van der Waals surface area contributed by atoms with Crippen LogP contribution in [-0.2, 0) is 9.53 Å². The summed E-state index contributed by atoms with van der Waals surface area (Å²) in [5.41, 5.74) is -0.207. The maximum absolute atomic E-state index is 12.3. The molecule has 0 spiro atoms. The lowest BCUT2D eigenvalue weighted by atomic mass is 10.1. The molecule has 84 valence electrons. The van der Waals surface area contributed by atoms with Crippen LogP contribution in [0.2, 0.25) is 0 Å². The van der Waals surface area contributed by atoms with E-state index in [1.807, 2.05) is 0 Å². The summed E-state index contributed by atoms with van der Waals surface area (Å²) in [6, 6.07) is -1.47. The van der Waals surface area contributed by atoms with E-state index in [1.165, 1.54) is 0 Å². The quantitative estimate of drug-likeness (QED) is 0.522. The van der Waals surface area contributed by atoms with Crippen LogP contribution in [0.25, 0.3) is 0 Å². The Morgan fingerprint density at radius 1 is 1.80 bits per heavy atom. The van der Waals surface area contributed by atoms with Crippen molar-refractivity contribution in [1.29, 1.82) is 0 Å². The summed E-state index contributed by atoms with van der Waals surface area (Å²) in [5.74, 6) is -0.797. The molecular weight excluding hydrogens is 212 g/mol. The molecule has 0 aromatic rings. The van der Waals surface area contributed by atoms with Gasteiger partial charge in [0.25, 0.3) is 6.43 Å². The highest BCUT2D eigenvalue weighted by atomic mass is 19.3. The van der Waals surface area contributed by atoms with Gasteiger partial charge in [0, 0.05) is 6.42 Å². The van der Waals surface area contributed by atoms with Crippen molar-refractivity contribution in [2.75, 3.05) is 6.61 Å². The maximum Gasteiger partial charge on any atom is 0.354 e. The number of ether oxygens (including phenoxy) is 1. The van der Waals surface area contributed by atoms with Crippen LogP contribution in [0, 0.1) is 4.91 Å². The second kappa shape index (κ2) is 4.76. The molecule has 0 N–H and O–H groups in total. The van der Waals surface area contributed by atoms with Crippen molar-refractivity contribution in [3.8, 4) is 0 Å². The van der Waals surface area contributed by atoms with Crippen molar-refractivity contribution in [1.82, 2.24) is 5.12 Å². The number of hydrazone groups is 1. The van der Waals surface area contributed by atoms with Gasteiger partial charge in [-0.05, 0) is 6.92 Å². The van der Waals surface area contributed by atoms with Crippen LogP contribution in [0.1, 0.15) is 13.3 Å². The van der Waals surface area contributed by atoms with Crippen LogP contribution in [0.3, 0.4) is 0 Å². The zero-order chi connectivity index (χ0) is 11.4. The van der Waals surface area contributed by atoms with E-state index >= 15 is 0 Å². The van der Waals surface area contributed by atoms with E-state index in [4.69, 9.17) is 0 Å². The van der Waals surface area contributed by atoms with Crippen molar-refractivity contribution >= 4 is 11.7 Å². The van der Waals surface area contributed by atoms with Crippen LogP contribution in [-0.4, -0.2) is 35.9 Å². The van der Waals surface area contributed by atoms with Gasteiger partial charge in [0.15, 0.2) is 0 Å². The molecule has 0 amide bonds. The van der Waals surface area contributed by atoms with Gasteiger partial charge in [-0.2, -0.15) is 0 Å². The average molecular weight is 221 g/mol. The summed E-state index contributed by atoms with van der Waals surface area (Å²) in [6.07, 6.45) is -3.12. The molecule has 0 aliphatic carbocycles. The number of esters is 1. The molecular formula is C7H9F2N3O3. The summed E-state index contributed by atoms with van der Waals surface area (Å²) < 4.78 is 29.2. The van der Waals surface area contributed by atoms with Crippen molar-refractivity contribution < 1.29 is 18.3 Å². The molecule has 0 bridgehead atoms. The van der Waals surface area contributed by atoms with Crippen LogP contribution in [0.15, 0.2) is 10.4 Å². The second-order valence-electron chi connectivity index (χ2n) is 2.78. The fourth-order valence-corrected chi connectivity index (χ4v) is 1.13. The smallest absolute Gasteiger partial charge is 0.354 e. The predicted octanol–water partition coefficient (Wildman–Crippen LogP) is 0.926. The Balaban J connectivity index is 2.71. The van der Waals surface area contributed by atoms with Gasteiger partial charge in [-0.1, -0.05) is 0 Å². The van der Waals surface area contributed by atoms with Crippen molar-refractivity contribution in [2.24, 2.45) is 10.4 Å². The fraction of sp³-hybridized carbons (Fsp3) is 0.714. The SMILES string of the molecule is CCOC(=O)C1=NN(N=O)C(C(F)F)C1. The third kappa shape index (κ3) is 2.45. The van der Waals surface area contributed by atoms with Crippen LogP contribution < -0.4 is 0 Å². The summed E-state index contributed by atoms with van der Waals surface area (Å²) in [5, 5.41) is 5.94. The van der Waals surface area contributed by atoms with Crippen molar-refractivity contribution in [2.45, 2.75) is 25.8 Å². The minimum absolute atomic E-state index is 0.117. The number of carbonyl (C=O) groups is 1. The summed E-state index contributed by atoms with van der Waals surface area (Å²) in [7, 11) is 0. The number of alkyl halides is 2. The highest BCUT2D eigenvalue weighted by molar-refractivity contribution is 6.36. The Kier molecular flexibility index (Phi) is 3.64. The average Bonchev–Trinajstić information content (AvgIpc) is 2.61. The van der Waals surface area contributed by atoms with Gasteiger partial charge in [-0.15, -0.1) is 15.1 Å². The number of halogens is 2. The minimum atomic E-state index is -2.79. The van der Waals surface area contributed by atoms with Crippen LogP contribution >= 0.6 is 0 Å². The molecule has 1 aliphatic rings. The molecule has 1 heterocycles. The summed E-state index contributed by atoms with van der Waals surface area (Å²) in [6.45, 7) is 1.69. The lowest BCUT2D eigenvalue weighted by Crippen LogP contribution is -2.29. The van der Waals surface area contributed by atoms with Gasteiger partial charge in [-0.3, -0.25) is 0 Å². The number of nitroso groups, excluding NO2 is 1. The molecule has 1 aliphatic heterocycles. The van der Waals surface area contributed by atoms with E-state index in [0.717, 1.165) is 0 Å². The molecule has 0 radical (unpaired) electrons. The summed E-state index contributed by atoms with van der Waals surface area (Å²) >= 11 is 0. The molecule has 6 nitrogen and oxygen atoms in total. The topological polar surface area (TPSA) is 71.3 Å². The highest BCUT2D eigenvalue weighted by Crippen LogP contribution is 2.22. The molecule has 0 aromatic heterocycles. The second-order valence-corrected chi connectivity index (χ2v) is 2.78. The van der Waals surface area contributed by atoms with Gasteiger partial charge >= 0.3 is 5.97 Å². The first-order chi connectivity index (χ1) is 7.10. The fourth-order valence-electron chi connectivity index (χ4n) is 1.13. The highest BCUT2D eigenvalue weighted by Gasteiger charge is 2.38. The van der Waals surface area contributed by atoms with Gasteiger partial charge in [0.2, 0.25) is 0 Å². The predicted molar refractivity (Wildman–Crippen MR) is 46.1 cm³/mol. The minimum Gasteiger partial charge on any atom is -0.461 e. The van der Waals surface area contributed by atoms with E-state index < -0.39 is 18.4 Å². The Morgan fingerprint density at radius 3 is 2.87 bits per heavy atom. The van der Waals surface area contributed by atoms with E-state index in [-0.39, 0.29) is 18.7 Å². The first-order valence-corrected chi connectivity index (χ1v) is 4.25. The first kappa shape index (κ1) is 11.5. The number of hydrogen-bond acceptors (Lipinski definition) is 5. The number of nitrogens with zero attached hydrogens (tertiary/aromatic N) is 3. The third-order valence-corrected chi connectivity index (χ3v) is 1.81. The van der Waals surface area contributed by atoms with Crippen molar-refractivity contribution in [3.63, 3.8) is 0 Å². The number of rotatable bonds is 4. The van der Waals surface area contributed by atoms with Gasteiger partial charge in [-0.25, -0.2) is 13.6 Å². The Labute approximate surface area is 83.8 Å². The Hall–Kier alpha value is -1.60. The van der Waals surface area contributed by atoms with E-state index in [2.05, 4.69) is 15.1 Å². The monoisotopic (exact) mass is 221 g/mol. The van der Waals surface area contributed by atoms with E-state index in [0.29, 0.717) is 5.12 Å². The van der Waals surface area contributed by atoms with Crippen LogP contribution in [0.4, 0.5) is 8.78 Å². The molecule has 1 unspecified atom stereocenters. The largest absolute Gasteiger partial charge is 0.461 e. The Bertz CT molecular complexity index is 295. The third-order valence-electron chi connectivity index (χ3n) is 1.81. The molecule has 8 heteroatoms. The van der Waals surface area contributed by atoms with E-state index in [1.54, 1.807) is 6.92 Å². The molecule has 1 atom stereocenters. The lowest BCUT2D eigenvalue weighted by molar-refractivity contribution is -0.135. The van der Waals surface area contributed by atoms with Gasteiger partial charge in [0.05, 0.1) is 11.9 Å². The van der Waals surface area contributed by atoms with Crippen LogP contribution in [0.5, 0.6) is 0 Å². The zero-order valence-corrected chi connectivity index (χ0v) is 7.89. The Morgan fingerprint density at radius 2 is 2.47 bits per heavy atom. The lowest BCUT2D eigenvalue weighted by Gasteiger charge is -2.12. The van der Waals surface area contributed by atoms with Gasteiger partial charge < -0.3 is 4.74 Å². The molecule has 0 aromatic carbocycles.